The Morgan fingerprint density at radius 1 is 1.19 bits per heavy atom. The summed E-state index contributed by atoms with van der Waals surface area (Å²) in [7, 11) is 3.71. The van der Waals surface area contributed by atoms with E-state index >= 15 is 0 Å². The monoisotopic (exact) mass is 324 g/mol. The highest BCUT2D eigenvalue weighted by Gasteiger charge is 2.12. The van der Waals surface area contributed by atoms with Crippen molar-refractivity contribution < 1.29 is 0 Å². The molecule has 0 spiro atoms. The molecule has 21 heavy (non-hydrogen) atoms. The van der Waals surface area contributed by atoms with E-state index in [4.69, 9.17) is 34.7 Å². The molecule has 0 amide bonds. The Kier molecular flexibility index (Phi) is 4.50. The molecular formula is C13H14Cl2N6. The van der Waals surface area contributed by atoms with Gasteiger partial charge in [-0.2, -0.15) is 4.98 Å². The summed E-state index contributed by atoms with van der Waals surface area (Å²) < 4.78 is 0. The minimum Gasteiger partial charge on any atom is -0.383 e. The van der Waals surface area contributed by atoms with Gasteiger partial charge >= 0.3 is 0 Å². The highest BCUT2D eigenvalue weighted by atomic mass is 35.5. The topological polar surface area (TPSA) is 93.4 Å². The molecule has 0 aliphatic carbocycles. The molecule has 110 valence electrons. The largest absolute Gasteiger partial charge is 0.383 e. The SMILES string of the molecule is CN(C)/C=N/c1c(Cl)cc(-c2cnc(N)nc2N)cc1Cl. The van der Waals surface area contributed by atoms with Crippen LogP contribution in [0.4, 0.5) is 17.5 Å². The minimum absolute atomic E-state index is 0.112. The smallest absolute Gasteiger partial charge is 0.221 e. The summed E-state index contributed by atoms with van der Waals surface area (Å²) in [4.78, 5) is 13.8. The fourth-order valence-corrected chi connectivity index (χ4v) is 2.23. The molecule has 2 rings (SSSR count). The van der Waals surface area contributed by atoms with Crippen molar-refractivity contribution >= 4 is 47.0 Å². The predicted molar refractivity (Wildman–Crippen MR) is 88.2 cm³/mol. The van der Waals surface area contributed by atoms with Crippen LogP contribution in [0, 0.1) is 0 Å². The average molecular weight is 325 g/mol. The van der Waals surface area contributed by atoms with Gasteiger partial charge in [0, 0.05) is 25.9 Å². The van der Waals surface area contributed by atoms with Crippen LogP contribution in [0.2, 0.25) is 10.0 Å². The number of nitrogens with zero attached hydrogens (tertiary/aromatic N) is 4. The first-order chi connectivity index (χ1) is 9.88. The highest BCUT2D eigenvalue weighted by molar-refractivity contribution is 6.39. The van der Waals surface area contributed by atoms with Crippen LogP contribution in [-0.2, 0) is 0 Å². The van der Waals surface area contributed by atoms with Gasteiger partial charge in [0.05, 0.1) is 16.4 Å². The van der Waals surface area contributed by atoms with Gasteiger partial charge in [0.2, 0.25) is 5.95 Å². The van der Waals surface area contributed by atoms with Crippen molar-refractivity contribution in [3.63, 3.8) is 0 Å². The second-order valence-electron chi connectivity index (χ2n) is 4.52. The third-order valence-electron chi connectivity index (χ3n) is 2.58. The standard InChI is InChI=1S/C13H14Cl2N6/c1-21(2)6-19-11-9(14)3-7(4-10(11)15)8-5-18-13(17)20-12(8)16/h3-6H,1-2H3,(H4,16,17,18,20)/b19-6+. The quantitative estimate of drug-likeness (QED) is 0.668. The Labute approximate surface area is 132 Å². The molecule has 0 unspecified atom stereocenters. The van der Waals surface area contributed by atoms with Crippen LogP contribution < -0.4 is 11.5 Å². The summed E-state index contributed by atoms with van der Waals surface area (Å²) in [5.74, 6) is 0.375. The Hall–Kier alpha value is -2.05. The van der Waals surface area contributed by atoms with Gasteiger partial charge in [0.25, 0.3) is 0 Å². The van der Waals surface area contributed by atoms with E-state index in [-0.39, 0.29) is 11.8 Å². The van der Waals surface area contributed by atoms with Crippen LogP contribution in [0.3, 0.4) is 0 Å². The first-order valence-corrected chi connectivity index (χ1v) is 6.72. The number of hydrogen-bond acceptors (Lipinski definition) is 5. The van der Waals surface area contributed by atoms with Gasteiger partial charge in [-0.3, -0.25) is 0 Å². The molecule has 1 aromatic carbocycles. The van der Waals surface area contributed by atoms with E-state index in [2.05, 4.69) is 15.0 Å². The number of rotatable bonds is 3. The van der Waals surface area contributed by atoms with Gasteiger partial charge in [-0.05, 0) is 17.7 Å². The maximum absolute atomic E-state index is 6.23. The second-order valence-corrected chi connectivity index (χ2v) is 5.34. The molecule has 8 heteroatoms. The van der Waals surface area contributed by atoms with E-state index in [0.29, 0.717) is 26.9 Å². The molecule has 4 N–H and O–H groups in total. The number of nitrogens with two attached hydrogens (primary N) is 2. The predicted octanol–water partition coefficient (Wildman–Crippen LogP) is 2.84. The number of halogens is 2. The Morgan fingerprint density at radius 3 is 2.33 bits per heavy atom. The van der Waals surface area contributed by atoms with Gasteiger partial charge in [-0.1, -0.05) is 23.2 Å². The molecule has 0 fully saturated rings. The van der Waals surface area contributed by atoms with Crippen molar-refractivity contribution in [2.45, 2.75) is 0 Å². The van der Waals surface area contributed by atoms with Crippen LogP contribution in [0.15, 0.2) is 23.3 Å². The number of benzene rings is 1. The summed E-state index contributed by atoms with van der Waals surface area (Å²) in [6.07, 6.45) is 3.15. The van der Waals surface area contributed by atoms with Crippen molar-refractivity contribution in [1.82, 2.24) is 14.9 Å². The summed E-state index contributed by atoms with van der Waals surface area (Å²) in [6, 6.07) is 3.42. The fraction of sp³-hybridized carbons (Fsp3) is 0.154. The average Bonchev–Trinajstić information content (AvgIpc) is 2.37. The van der Waals surface area contributed by atoms with Crippen molar-refractivity contribution in [3.8, 4) is 11.1 Å². The summed E-state index contributed by atoms with van der Waals surface area (Å²) in [6.45, 7) is 0. The van der Waals surface area contributed by atoms with Crippen LogP contribution in [0.25, 0.3) is 11.1 Å². The fourth-order valence-electron chi connectivity index (χ4n) is 1.65. The van der Waals surface area contributed by atoms with E-state index in [0.717, 1.165) is 0 Å². The van der Waals surface area contributed by atoms with Gasteiger partial charge in [-0.25, -0.2) is 9.98 Å². The lowest BCUT2D eigenvalue weighted by Gasteiger charge is -2.09. The van der Waals surface area contributed by atoms with Crippen LogP contribution >= 0.6 is 23.2 Å². The lowest BCUT2D eigenvalue weighted by Crippen LogP contribution is -2.07. The summed E-state index contributed by atoms with van der Waals surface area (Å²) in [5.41, 5.74) is 13.1. The number of aliphatic imine (C=N–C) groups is 1. The maximum Gasteiger partial charge on any atom is 0.221 e. The first kappa shape index (κ1) is 15.3. The van der Waals surface area contributed by atoms with Crippen molar-refractivity contribution in [1.29, 1.82) is 0 Å². The summed E-state index contributed by atoms with van der Waals surface area (Å²) >= 11 is 12.5. The van der Waals surface area contributed by atoms with E-state index in [1.165, 1.54) is 6.20 Å². The molecule has 1 aromatic heterocycles. The summed E-state index contributed by atoms with van der Waals surface area (Å²) in [5, 5.41) is 0.818. The molecule has 0 saturated heterocycles. The lowest BCUT2D eigenvalue weighted by molar-refractivity contribution is 0.643. The third-order valence-corrected chi connectivity index (χ3v) is 3.16. The Morgan fingerprint density at radius 2 is 1.81 bits per heavy atom. The van der Waals surface area contributed by atoms with Gasteiger partial charge in [0.1, 0.15) is 11.5 Å². The molecule has 6 nitrogen and oxygen atoms in total. The first-order valence-electron chi connectivity index (χ1n) is 5.96. The van der Waals surface area contributed by atoms with E-state index in [1.807, 2.05) is 14.1 Å². The molecule has 0 bridgehead atoms. The maximum atomic E-state index is 6.23. The van der Waals surface area contributed by atoms with Gasteiger partial charge < -0.3 is 16.4 Å². The molecule has 0 atom stereocenters. The number of aromatic nitrogens is 2. The van der Waals surface area contributed by atoms with Gasteiger partial charge in [-0.15, -0.1) is 0 Å². The Balaban J connectivity index is 2.49. The van der Waals surface area contributed by atoms with Crippen molar-refractivity contribution in [2.75, 3.05) is 25.6 Å². The number of anilines is 2. The zero-order valence-electron chi connectivity index (χ0n) is 11.5. The van der Waals surface area contributed by atoms with Crippen LogP contribution in [0.5, 0.6) is 0 Å². The molecule has 0 aliphatic heterocycles. The third kappa shape index (κ3) is 3.53. The normalized spacial score (nSPS) is 11.0. The van der Waals surface area contributed by atoms with E-state index in [1.54, 1.807) is 23.4 Å². The van der Waals surface area contributed by atoms with Crippen molar-refractivity contribution in [2.24, 2.45) is 4.99 Å². The number of nitrogen functional groups attached to an aromatic ring is 2. The minimum atomic E-state index is 0.112. The number of hydrogen-bond donors (Lipinski definition) is 2. The highest BCUT2D eigenvalue weighted by Crippen LogP contribution is 2.38. The molecule has 1 heterocycles. The molecule has 0 aliphatic rings. The van der Waals surface area contributed by atoms with Crippen LogP contribution in [-0.4, -0.2) is 35.3 Å². The molecule has 0 saturated carbocycles. The zero-order chi connectivity index (χ0) is 15.6. The lowest BCUT2D eigenvalue weighted by atomic mass is 10.1. The second kappa shape index (κ2) is 6.15. The zero-order valence-corrected chi connectivity index (χ0v) is 13.0. The van der Waals surface area contributed by atoms with Gasteiger partial charge in [0.15, 0.2) is 0 Å². The Bertz CT molecular complexity index is 676. The molecule has 2 aromatic rings. The molecular weight excluding hydrogens is 311 g/mol. The van der Waals surface area contributed by atoms with E-state index < -0.39 is 0 Å². The molecule has 0 radical (unpaired) electrons. The van der Waals surface area contributed by atoms with E-state index in [9.17, 15) is 0 Å². The van der Waals surface area contributed by atoms with Crippen molar-refractivity contribution in [3.05, 3.63) is 28.4 Å². The van der Waals surface area contributed by atoms with Crippen LogP contribution in [0.1, 0.15) is 0 Å².